The summed E-state index contributed by atoms with van der Waals surface area (Å²) in [6.45, 7) is 0. The van der Waals surface area contributed by atoms with E-state index in [4.69, 9.17) is 4.42 Å². The average Bonchev–Trinajstić information content (AvgIpc) is 3.76. The highest BCUT2D eigenvalue weighted by Gasteiger charge is 2.26. The lowest BCUT2D eigenvalue weighted by atomic mass is 9.92. The van der Waals surface area contributed by atoms with Crippen LogP contribution in [0.3, 0.4) is 0 Å². The van der Waals surface area contributed by atoms with E-state index in [9.17, 15) is 0 Å². The molecule has 1 heterocycles. The predicted molar refractivity (Wildman–Crippen MR) is 274 cm³/mol. The van der Waals surface area contributed by atoms with Crippen LogP contribution in [0.5, 0.6) is 0 Å². The minimum Gasteiger partial charge on any atom is -0.454 e. The number of anilines is 6. The molecule has 3 heteroatoms. The number of fused-ring (bicyclic) bond motifs is 5. The summed E-state index contributed by atoms with van der Waals surface area (Å²) in [6, 6.07) is 91.3. The van der Waals surface area contributed by atoms with Gasteiger partial charge in [-0.25, -0.2) is 0 Å². The van der Waals surface area contributed by atoms with E-state index in [2.05, 4.69) is 265 Å². The van der Waals surface area contributed by atoms with Gasteiger partial charge in [0.15, 0.2) is 5.58 Å². The van der Waals surface area contributed by atoms with Gasteiger partial charge in [-0.3, -0.25) is 0 Å². The van der Waals surface area contributed by atoms with Gasteiger partial charge in [-0.15, -0.1) is 0 Å². The molecule has 0 fully saturated rings. The first-order valence-electron chi connectivity index (χ1n) is 22.2. The number of nitrogens with zero attached hydrogens (tertiary/aromatic N) is 2. The maximum atomic E-state index is 7.21. The fourth-order valence-corrected chi connectivity index (χ4v) is 9.48. The number of rotatable bonds is 9. The molecule has 0 aliphatic carbocycles. The molecule has 0 radical (unpaired) electrons. The van der Waals surface area contributed by atoms with Crippen LogP contribution in [-0.2, 0) is 0 Å². The smallest absolute Gasteiger partial charge is 0.161 e. The van der Waals surface area contributed by atoms with Crippen LogP contribution in [0, 0.1) is 0 Å². The molecule has 0 saturated carbocycles. The van der Waals surface area contributed by atoms with Crippen molar-refractivity contribution in [2.75, 3.05) is 9.80 Å². The Kier molecular flexibility index (Phi) is 9.50. The summed E-state index contributed by atoms with van der Waals surface area (Å²) < 4.78 is 7.21. The zero-order chi connectivity index (χ0) is 43.1. The lowest BCUT2D eigenvalue weighted by Crippen LogP contribution is -2.13. The van der Waals surface area contributed by atoms with Crippen LogP contribution < -0.4 is 9.80 Å². The lowest BCUT2D eigenvalue weighted by Gasteiger charge is -2.30. The highest BCUT2D eigenvalue weighted by Crippen LogP contribution is 2.50. The third kappa shape index (κ3) is 6.97. The lowest BCUT2D eigenvalue weighted by molar-refractivity contribution is 0.669. The first-order valence-corrected chi connectivity index (χ1v) is 22.2. The Morgan fingerprint density at radius 3 is 1.42 bits per heavy atom. The maximum absolute atomic E-state index is 7.21. The molecule has 0 N–H and O–H groups in total. The van der Waals surface area contributed by atoms with Crippen molar-refractivity contribution in [2.45, 2.75) is 0 Å². The van der Waals surface area contributed by atoms with Crippen LogP contribution in [0.15, 0.2) is 259 Å². The standard InChI is InChI=1S/C62H42N2O/c1-5-17-43(18-6-1)45-31-33-53(34-32-45)63(51-25-9-3-10-26-51)59-38-37-58(61-57-40-48-23-15-16-24-49(48)41-60(57)65-62(59)61)64(52-27-11-4-12-28-52)54-35-36-55(46-20-7-2-8-21-46)56(42-54)50-30-29-44-19-13-14-22-47(44)39-50/h1-42H. The molecule has 0 bridgehead atoms. The fraction of sp³-hybridized carbons (Fsp3) is 0. The highest BCUT2D eigenvalue weighted by atomic mass is 16.3. The van der Waals surface area contributed by atoms with Gasteiger partial charge in [-0.2, -0.15) is 0 Å². The maximum Gasteiger partial charge on any atom is 0.161 e. The van der Waals surface area contributed by atoms with E-state index in [1.807, 2.05) is 0 Å². The van der Waals surface area contributed by atoms with Crippen LogP contribution in [0.4, 0.5) is 34.1 Å². The minimum atomic E-state index is 0.806. The zero-order valence-corrected chi connectivity index (χ0v) is 35.6. The van der Waals surface area contributed by atoms with Crippen LogP contribution in [0.2, 0.25) is 0 Å². The molecule has 11 aromatic carbocycles. The summed E-state index contributed by atoms with van der Waals surface area (Å²) in [5, 5.41) is 6.81. The van der Waals surface area contributed by atoms with E-state index >= 15 is 0 Å². The van der Waals surface area contributed by atoms with Gasteiger partial charge in [0, 0.05) is 28.1 Å². The van der Waals surface area contributed by atoms with Gasteiger partial charge in [-0.05, 0) is 134 Å². The van der Waals surface area contributed by atoms with Gasteiger partial charge < -0.3 is 14.2 Å². The second-order valence-corrected chi connectivity index (χ2v) is 16.5. The van der Waals surface area contributed by atoms with Crippen molar-refractivity contribution < 1.29 is 4.42 Å². The largest absolute Gasteiger partial charge is 0.454 e. The second kappa shape index (κ2) is 16.2. The molecule has 0 aliphatic rings. The molecule has 0 spiro atoms. The van der Waals surface area contributed by atoms with Crippen molar-refractivity contribution in [1.82, 2.24) is 0 Å². The Hall–Kier alpha value is -8.66. The van der Waals surface area contributed by atoms with E-state index in [0.29, 0.717) is 0 Å². The topological polar surface area (TPSA) is 19.6 Å². The van der Waals surface area contributed by atoms with Crippen molar-refractivity contribution in [1.29, 1.82) is 0 Å². The van der Waals surface area contributed by atoms with E-state index in [1.165, 1.54) is 27.5 Å². The van der Waals surface area contributed by atoms with Crippen molar-refractivity contribution >= 4 is 77.6 Å². The van der Waals surface area contributed by atoms with Crippen molar-refractivity contribution in [3.05, 3.63) is 255 Å². The molecule has 65 heavy (non-hydrogen) atoms. The molecule has 0 amide bonds. The SMILES string of the molecule is c1ccc(-c2ccc(N(c3ccccc3)c3ccc(N(c4ccccc4)c4ccc(-c5ccccc5)c(-c5ccc6ccccc6c5)c4)c4c3oc3cc5ccccc5cc34)cc2)cc1. The molecule has 1 aromatic heterocycles. The second-order valence-electron chi connectivity index (χ2n) is 16.5. The van der Waals surface area contributed by atoms with Crippen LogP contribution >= 0.6 is 0 Å². The molecule has 0 atom stereocenters. The molecular formula is C62H42N2O. The predicted octanol–water partition coefficient (Wildman–Crippen LogP) is 17.8. The molecule has 0 unspecified atom stereocenters. The fourth-order valence-electron chi connectivity index (χ4n) is 9.48. The zero-order valence-electron chi connectivity index (χ0n) is 35.6. The van der Waals surface area contributed by atoms with E-state index in [0.717, 1.165) is 83.5 Å². The van der Waals surface area contributed by atoms with Gasteiger partial charge in [0.2, 0.25) is 0 Å². The molecule has 0 aliphatic heterocycles. The average molecular weight is 831 g/mol. The number of para-hydroxylation sites is 2. The first-order chi connectivity index (χ1) is 32.2. The molecule has 12 aromatic rings. The van der Waals surface area contributed by atoms with Crippen LogP contribution in [-0.4, -0.2) is 0 Å². The third-order valence-electron chi connectivity index (χ3n) is 12.6. The van der Waals surface area contributed by atoms with Gasteiger partial charge in [0.1, 0.15) is 5.58 Å². The quantitative estimate of drug-likeness (QED) is 0.144. The summed E-state index contributed by atoms with van der Waals surface area (Å²) >= 11 is 0. The van der Waals surface area contributed by atoms with E-state index in [1.54, 1.807) is 0 Å². The molecule has 3 nitrogen and oxygen atoms in total. The Balaban J connectivity index is 1.12. The number of hydrogen-bond acceptors (Lipinski definition) is 3. The van der Waals surface area contributed by atoms with Gasteiger partial charge in [-0.1, -0.05) is 176 Å². The molecule has 12 rings (SSSR count). The summed E-state index contributed by atoms with van der Waals surface area (Å²) in [6.07, 6.45) is 0. The van der Waals surface area contributed by atoms with Gasteiger partial charge in [0.25, 0.3) is 0 Å². The normalized spacial score (nSPS) is 11.4. The summed E-state index contributed by atoms with van der Waals surface area (Å²) in [5.74, 6) is 0. The summed E-state index contributed by atoms with van der Waals surface area (Å²) in [7, 11) is 0. The van der Waals surface area contributed by atoms with E-state index < -0.39 is 0 Å². The Morgan fingerprint density at radius 2 is 0.754 bits per heavy atom. The van der Waals surface area contributed by atoms with Crippen LogP contribution in [0.1, 0.15) is 0 Å². The van der Waals surface area contributed by atoms with Crippen LogP contribution in [0.25, 0.3) is 76.9 Å². The first kappa shape index (κ1) is 38.0. The van der Waals surface area contributed by atoms with Crippen molar-refractivity contribution in [2.24, 2.45) is 0 Å². The molecular weight excluding hydrogens is 789 g/mol. The molecule has 0 saturated heterocycles. The summed E-state index contributed by atoms with van der Waals surface area (Å²) in [5.41, 5.74) is 14.8. The number of benzene rings is 11. The Labute approximate surface area is 378 Å². The van der Waals surface area contributed by atoms with Crippen molar-refractivity contribution in [3.8, 4) is 33.4 Å². The summed E-state index contributed by atoms with van der Waals surface area (Å²) in [4.78, 5) is 4.72. The number of hydrogen-bond donors (Lipinski definition) is 0. The Bertz CT molecular complexity index is 3640. The number of furan rings is 1. The minimum absolute atomic E-state index is 0.806. The van der Waals surface area contributed by atoms with E-state index in [-0.39, 0.29) is 0 Å². The highest BCUT2D eigenvalue weighted by molar-refractivity contribution is 6.20. The van der Waals surface area contributed by atoms with Crippen molar-refractivity contribution in [3.63, 3.8) is 0 Å². The van der Waals surface area contributed by atoms with Gasteiger partial charge >= 0.3 is 0 Å². The monoisotopic (exact) mass is 830 g/mol. The third-order valence-corrected chi connectivity index (χ3v) is 12.6. The molecule has 306 valence electrons. The van der Waals surface area contributed by atoms with Gasteiger partial charge in [0.05, 0.1) is 16.8 Å². The Morgan fingerprint density at radius 1 is 0.277 bits per heavy atom.